The van der Waals surface area contributed by atoms with Crippen molar-refractivity contribution < 1.29 is 0 Å². The van der Waals surface area contributed by atoms with Gasteiger partial charge in [0, 0.05) is 21.6 Å². The van der Waals surface area contributed by atoms with Gasteiger partial charge < -0.3 is 5.32 Å². The highest BCUT2D eigenvalue weighted by Crippen LogP contribution is 2.42. The van der Waals surface area contributed by atoms with E-state index in [1.807, 2.05) is 11.8 Å². The van der Waals surface area contributed by atoms with Gasteiger partial charge in [-0.1, -0.05) is 40.2 Å². The van der Waals surface area contributed by atoms with Gasteiger partial charge in [-0.2, -0.15) is 0 Å². The Morgan fingerprint density at radius 2 is 2.00 bits per heavy atom. The third-order valence-electron chi connectivity index (χ3n) is 2.85. The maximum absolute atomic E-state index is 3.53. The Kier molecular flexibility index (Phi) is 3.12. The van der Waals surface area contributed by atoms with Crippen LogP contribution in [0.3, 0.4) is 0 Å². The molecule has 0 radical (unpaired) electrons. The summed E-state index contributed by atoms with van der Waals surface area (Å²) in [7, 11) is 0. The molecule has 0 aromatic heterocycles. The second-order valence-corrected chi connectivity index (χ2v) is 6.20. The van der Waals surface area contributed by atoms with Crippen molar-refractivity contribution in [1.82, 2.24) is 0 Å². The Bertz CT molecular complexity index is 541. The summed E-state index contributed by atoms with van der Waals surface area (Å²) >= 11 is 5.47. The average molecular weight is 306 g/mol. The van der Waals surface area contributed by atoms with Gasteiger partial charge in [0.2, 0.25) is 0 Å². The van der Waals surface area contributed by atoms with Gasteiger partial charge in [0.15, 0.2) is 0 Å². The molecule has 2 aromatic rings. The molecule has 1 atom stereocenters. The molecule has 2 aromatic carbocycles. The molecule has 17 heavy (non-hydrogen) atoms. The van der Waals surface area contributed by atoms with Crippen LogP contribution in [0.5, 0.6) is 0 Å². The van der Waals surface area contributed by atoms with Crippen LogP contribution in [0, 0.1) is 0 Å². The summed E-state index contributed by atoms with van der Waals surface area (Å²) in [5.74, 6) is 0. The summed E-state index contributed by atoms with van der Waals surface area (Å²) in [6.07, 6.45) is 0. The molecule has 3 heteroatoms. The standard InChI is InChI=1S/C14H12BrNS/c15-11-5-3-4-10(8-11)14-9-16-12-6-1-2-7-13(12)17-14/h1-8,14,16H,9H2. The fourth-order valence-electron chi connectivity index (χ4n) is 2.01. The normalized spacial score (nSPS) is 18.3. The van der Waals surface area contributed by atoms with Crippen molar-refractivity contribution in [2.24, 2.45) is 0 Å². The van der Waals surface area contributed by atoms with Crippen LogP contribution in [0.15, 0.2) is 57.9 Å². The van der Waals surface area contributed by atoms with Crippen LogP contribution < -0.4 is 5.32 Å². The fraction of sp³-hybridized carbons (Fsp3) is 0.143. The summed E-state index contributed by atoms with van der Waals surface area (Å²) in [6.45, 7) is 0.984. The molecule has 0 spiro atoms. The van der Waals surface area contributed by atoms with Crippen molar-refractivity contribution in [1.29, 1.82) is 0 Å². The number of nitrogens with one attached hydrogen (secondary N) is 1. The third kappa shape index (κ3) is 2.35. The second kappa shape index (κ2) is 4.75. The van der Waals surface area contributed by atoms with Gasteiger partial charge in [-0.25, -0.2) is 0 Å². The summed E-state index contributed by atoms with van der Waals surface area (Å²) in [5, 5.41) is 3.98. The van der Waals surface area contributed by atoms with E-state index in [0.717, 1.165) is 11.0 Å². The molecule has 0 aliphatic carbocycles. The number of fused-ring (bicyclic) bond motifs is 1. The smallest absolute Gasteiger partial charge is 0.0518 e. The lowest BCUT2D eigenvalue weighted by atomic mass is 10.1. The van der Waals surface area contributed by atoms with E-state index in [-0.39, 0.29) is 0 Å². The van der Waals surface area contributed by atoms with Gasteiger partial charge in [-0.05, 0) is 29.8 Å². The minimum absolute atomic E-state index is 0.488. The van der Waals surface area contributed by atoms with Crippen molar-refractivity contribution in [2.75, 3.05) is 11.9 Å². The highest BCUT2D eigenvalue weighted by Gasteiger charge is 2.19. The highest BCUT2D eigenvalue weighted by atomic mass is 79.9. The van der Waals surface area contributed by atoms with Crippen molar-refractivity contribution in [3.63, 3.8) is 0 Å². The van der Waals surface area contributed by atoms with Crippen molar-refractivity contribution >= 4 is 33.4 Å². The number of thioether (sulfide) groups is 1. The topological polar surface area (TPSA) is 12.0 Å². The van der Waals surface area contributed by atoms with E-state index in [2.05, 4.69) is 69.8 Å². The molecule has 1 unspecified atom stereocenters. The monoisotopic (exact) mass is 305 g/mol. The third-order valence-corrected chi connectivity index (χ3v) is 4.68. The molecule has 3 rings (SSSR count). The zero-order valence-corrected chi connectivity index (χ0v) is 11.6. The van der Waals surface area contributed by atoms with Crippen LogP contribution in [0.25, 0.3) is 0 Å². The van der Waals surface area contributed by atoms with Crippen LogP contribution in [0.1, 0.15) is 10.8 Å². The minimum Gasteiger partial charge on any atom is -0.383 e. The molecule has 86 valence electrons. The van der Waals surface area contributed by atoms with Gasteiger partial charge in [-0.15, -0.1) is 11.8 Å². The van der Waals surface area contributed by atoms with Crippen LogP contribution >= 0.6 is 27.7 Å². The van der Waals surface area contributed by atoms with E-state index >= 15 is 0 Å². The Morgan fingerprint density at radius 1 is 1.12 bits per heavy atom. The summed E-state index contributed by atoms with van der Waals surface area (Å²) in [5.41, 5.74) is 2.62. The average Bonchev–Trinajstić information content (AvgIpc) is 2.38. The molecule has 1 aliphatic heterocycles. The lowest BCUT2D eigenvalue weighted by Gasteiger charge is -2.25. The quantitative estimate of drug-likeness (QED) is 0.819. The Hall–Kier alpha value is -0.930. The highest BCUT2D eigenvalue weighted by molar-refractivity contribution is 9.10. The van der Waals surface area contributed by atoms with E-state index < -0.39 is 0 Å². The van der Waals surface area contributed by atoms with E-state index in [0.29, 0.717) is 5.25 Å². The SMILES string of the molecule is Brc1cccc(C2CNc3ccccc3S2)c1. The number of hydrogen-bond donors (Lipinski definition) is 1. The summed E-state index contributed by atoms with van der Waals surface area (Å²) in [6, 6.07) is 17.0. The van der Waals surface area contributed by atoms with Crippen molar-refractivity contribution in [3.05, 3.63) is 58.6 Å². The van der Waals surface area contributed by atoms with Gasteiger partial charge >= 0.3 is 0 Å². The molecule has 0 saturated heterocycles. The number of rotatable bonds is 1. The first kappa shape index (κ1) is 11.2. The molecule has 0 amide bonds. The number of para-hydroxylation sites is 1. The molecule has 0 bridgehead atoms. The van der Waals surface area contributed by atoms with Gasteiger partial charge in [0.25, 0.3) is 0 Å². The zero-order valence-electron chi connectivity index (χ0n) is 9.19. The fourth-order valence-corrected chi connectivity index (χ4v) is 3.60. The van der Waals surface area contributed by atoms with Crippen LogP contribution in [-0.4, -0.2) is 6.54 Å². The van der Waals surface area contributed by atoms with Crippen LogP contribution in [0.4, 0.5) is 5.69 Å². The molecule has 1 aliphatic rings. The molecule has 0 saturated carbocycles. The maximum Gasteiger partial charge on any atom is 0.0518 e. The molecule has 1 N–H and O–H groups in total. The van der Waals surface area contributed by atoms with E-state index in [1.54, 1.807) is 0 Å². The van der Waals surface area contributed by atoms with Gasteiger partial charge in [-0.3, -0.25) is 0 Å². The second-order valence-electron chi connectivity index (χ2n) is 4.04. The predicted octanol–water partition coefficient (Wildman–Crippen LogP) is 4.71. The van der Waals surface area contributed by atoms with Crippen LogP contribution in [0.2, 0.25) is 0 Å². The first-order chi connectivity index (χ1) is 8.33. The molecule has 0 fully saturated rings. The zero-order chi connectivity index (χ0) is 11.7. The summed E-state index contributed by atoms with van der Waals surface area (Å²) < 4.78 is 1.15. The van der Waals surface area contributed by atoms with E-state index in [1.165, 1.54) is 16.1 Å². The number of hydrogen-bond acceptors (Lipinski definition) is 2. The Labute approximate surface area is 114 Å². The number of benzene rings is 2. The maximum atomic E-state index is 3.53. The Balaban J connectivity index is 1.89. The number of anilines is 1. The molecular formula is C14H12BrNS. The van der Waals surface area contributed by atoms with Crippen molar-refractivity contribution in [2.45, 2.75) is 10.1 Å². The lowest BCUT2D eigenvalue weighted by Crippen LogP contribution is -2.15. The number of halogens is 1. The largest absolute Gasteiger partial charge is 0.383 e. The minimum atomic E-state index is 0.488. The van der Waals surface area contributed by atoms with Gasteiger partial charge in [0.1, 0.15) is 0 Å². The van der Waals surface area contributed by atoms with Gasteiger partial charge in [0.05, 0.1) is 5.25 Å². The van der Waals surface area contributed by atoms with E-state index in [9.17, 15) is 0 Å². The van der Waals surface area contributed by atoms with Crippen LogP contribution in [-0.2, 0) is 0 Å². The Morgan fingerprint density at radius 3 is 2.88 bits per heavy atom. The first-order valence-electron chi connectivity index (χ1n) is 5.58. The van der Waals surface area contributed by atoms with Crippen molar-refractivity contribution in [3.8, 4) is 0 Å². The molecule has 1 heterocycles. The predicted molar refractivity (Wildman–Crippen MR) is 77.7 cm³/mol. The van der Waals surface area contributed by atoms with E-state index in [4.69, 9.17) is 0 Å². The lowest BCUT2D eigenvalue weighted by molar-refractivity contribution is 0.963. The molecular weight excluding hydrogens is 294 g/mol. The molecule has 1 nitrogen and oxygen atoms in total. The summed E-state index contributed by atoms with van der Waals surface area (Å²) in [4.78, 5) is 1.34. The first-order valence-corrected chi connectivity index (χ1v) is 7.25.